The number of nitrogens with zero attached hydrogens (tertiary/aromatic N) is 2. The third-order valence-electron chi connectivity index (χ3n) is 3.13. The molecule has 0 spiro atoms. The average Bonchev–Trinajstić information content (AvgIpc) is 2.68. The summed E-state index contributed by atoms with van der Waals surface area (Å²) in [4.78, 5) is 4.65. The first-order valence-corrected chi connectivity index (χ1v) is 6.55. The fourth-order valence-corrected chi connectivity index (χ4v) is 2.23. The maximum Gasteiger partial charge on any atom is 0.131 e. The highest BCUT2D eigenvalue weighted by Gasteiger charge is 2.19. The molecule has 0 aliphatic rings. The second-order valence-corrected chi connectivity index (χ2v) is 5.33. The van der Waals surface area contributed by atoms with E-state index in [1.165, 1.54) is 12.1 Å². The summed E-state index contributed by atoms with van der Waals surface area (Å²) in [6.07, 6.45) is 0. The number of aromatic nitrogens is 2. The predicted octanol–water partition coefficient (Wildman–Crippen LogP) is 3.98. The normalized spacial score (nSPS) is 11.5. The summed E-state index contributed by atoms with van der Waals surface area (Å²) < 4.78 is 15.0. The summed E-state index contributed by atoms with van der Waals surface area (Å²) in [5, 5.41) is 0. The van der Waals surface area contributed by atoms with E-state index >= 15 is 0 Å². The largest absolute Gasteiger partial charge is 0.383 e. The Kier molecular flexibility index (Phi) is 3.60. The molecule has 102 valence electrons. The molecule has 0 bridgehead atoms. The molecular formula is C15H20FN3. The van der Waals surface area contributed by atoms with Crippen LogP contribution >= 0.6 is 0 Å². The quantitative estimate of drug-likeness (QED) is 0.908. The van der Waals surface area contributed by atoms with Gasteiger partial charge in [-0.1, -0.05) is 13.8 Å². The van der Waals surface area contributed by atoms with Crippen molar-refractivity contribution < 1.29 is 4.39 Å². The van der Waals surface area contributed by atoms with E-state index < -0.39 is 0 Å². The van der Waals surface area contributed by atoms with Gasteiger partial charge in [0, 0.05) is 17.5 Å². The van der Waals surface area contributed by atoms with E-state index in [9.17, 15) is 4.39 Å². The molecule has 0 saturated carbocycles. The molecule has 0 unspecified atom stereocenters. The lowest BCUT2D eigenvalue weighted by Crippen LogP contribution is -2.10. The first kappa shape index (κ1) is 13.6. The SMILES string of the molecule is CC(C)c1nc(-c2ccc(F)cc2)c(N)n1C(C)C. The summed E-state index contributed by atoms with van der Waals surface area (Å²) >= 11 is 0. The number of hydrogen-bond acceptors (Lipinski definition) is 2. The zero-order chi connectivity index (χ0) is 14.2. The standard InChI is InChI=1S/C15H20FN3/c1-9(2)15-18-13(14(17)19(15)10(3)4)11-5-7-12(16)8-6-11/h5-10H,17H2,1-4H3. The van der Waals surface area contributed by atoms with Crippen LogP contribution < -0.4 is 5.73 Å². The lowest BCUT2D eigenvalue weighted by atomic mass is 10.1. The molecule has 0 saturated heterocycles. The van der Waals surface area contributed by atoms with Crippen molar-refractivity contribution in [3.05, 3.63) is 35.9 Å². The Labute approximate surface area is 113 Å². The molecule has 3 nitrogen and oxygen atoms in total. The molecule has 19 heavy (non-hydrogen) atoms. The molecule has 0 fully saturated rings. The Balaban J connectivity index is 2.59. The smallest absolute Gasteiger partial charge is 0.131 e. The summed E-state index contributed by atoms with van der Waals surface area (Å²) in [5.74, 6) is 1.64. The van der Waals surface area contributed by atoms with Gasteiger partial charge in [0.05, 0.1) is 0 Å². The lowest BCUT2D eigenvalue weighted by Gasteiger charge is -2.15. The zero-order valence-corrected chi connectivity index (χ0v) is 11.8. The number of anilines is 1. The monoisotopic (exact) mass is 261 g/mol. The molecule has 2 aromatic rings. The van der Waals surface area contributed by atoms with Gasteiger partial charge in [-0.25, -0.2) is 9.37 Å². The minimum atomic E-state index is -0.255. The fourth-order valence-electron chi connectivity index (χ4n) is 2.23. The number of nitrogens with two attached hydrogens (primary N) is 1. The van der Waals surface area contributed by atoms with Crippen LogP contribution in [0, 0.1) is 5.82 Å². The molecule has 0 aliphatic heterocycles. The zero-order valence-electron chi connectivity index (χ0n) is 11.8. The van der Waals surface area contributed by atoms with E-state index in [4.69, 9.17) is 5.73 Å². The van der Waals surface area contributed by atoms with E-state index in [1.54, 1.807) is 12.1 Å². The third-order valence-corrected chi connectivity index (χ3v) is 3.13. The molecule has 1 aromatic carbocycles. The molecule has 2 N–H and O–H groups in total. The van der Waals surface area contributed by atoms with Crippen LogP contribution in [0.5, 0.6) is 0 Å². The van der Waals surface area contributed by atoms with Gasteiger partial charge in [0.1, 0.15) is 23.2 Å². The van der Waals surface area contributed by atoms with Gasteiger partial charge in [0.2, 0.25) is 0 Å². The molecule has 0 amide bonds. The van der Waals surface area contributed by atoms with Crippen LogP contribution in [0.1, 0.15) is 45.5 Å². The highest BCUT2D eigenvalue weighted by molar-refractivity contribution is 5.71. The Morgan fingerprint density at radius 2 is 1.68 bits per heavy atom. The predicted molar refractivity (Wildman–Crippen MR) is 76.5 cm³/mol. The number of hydrogen-bond donors (Lipinski definition) is 1. The van der Waals surface area contributed by atoms with E-state index in [0.29, 0.717) is 11.7 Å². The van der Waals surface area contributed by atoms with E-state index in [2.05, 4.69) is 32.7 Å². The van der Waals surface area contributed by atoms with Crippen LogP contribution in [-0.2, 0) is 0 Å². The van der Waals surface area contributed by atoms with Crippen molar-refractivity contribution in [1.82, 2.24) is 9.55 Å². The topological polar surface area (TPSA) is 43.8 Å². The highest BCUT2D eigenvalue weighted by Crippen LogP contribution is 2.31. The van der Waals surface area contributed by atoms with Crippen LogP contribution in [0.3, 0.4) is 0 Å². The Bertz CT molecular complexity index is 568. The number of imidazole rings is 1. The highest BCUT2D eigenvalue weighted by atomic mass is 19.1. The molecular weight excluding hydrogens is 241 g/mol. The summed E-state index contributed by atoms with van der Waals surface area (Å²) in [5.41, 5.74) is 7.80. The van der Waals surface area contributed by atoms with Gasteiger partial charge in [-0.3, -0.25) is 0 Å². The second-order valence-electron chi connectivity index (χ2n) is 5.33. The Morgan fingerprint density at radius 1 is 1.11 bits per heavy atom. The lowest BCUT2D eigenvalue weighted by molar-refractivity contribution is 0.556. The summed E-state index contributed by atoms with van der Waals surface area (Å²) in [7, 11) is 0. The van der Waals surface area contributed by atoms with Crippen molar-refractivity contribution in [2.24, 2.45) is 0 Å². The van der Waals surface area contributed by atoms with Crippen molar-refractivity contribution in [3.8, 4) is 11.3 Å². The minimum absolute atomic E-state index is 0.249. The number of benzene rings is 1. The Morgan fingerprint density at radius 3 is 2.11 bits per heavy atom. The van der Waals surface area contributed by atoms with Gasteiger partial charge in [0.15, 0.2) is 0 Å². The van der Waals surface area contributed by atoms with Crippen LogP contribution in [0.4, 0.5) is 10.2 Å². The van der Waals surface area contributed by atoms with Crippen LogP contribution in [0.15, 0.2) is 24.3 Å². The first-order chi connectivity index (χ1) is 8.91. The molecule has 2 rings (SSSR count). The molecule has 4 heteroatoms. The maximum atomic E-state index is 13.0. The van der Waals surface area contributed by atoms with Gasteiger partial charge < -0.3 is 10.3 Å². The van der Waals surface area contributed by atoms with Gasteiger partial charge in [0.25, 0.3) is 0 Å². The van der Waals surface area contributed by atoms with Crippen molar-refractivity contribution in [1.29, 1.82) is 0 Å². The van der Waals surface area contributed by atoms with Crippen molar-refractivity contribution in [3.63, 3.8) is 0 Å². The van der Waals surface area contributed by atoms with Crippen LogP contribution in [-0.4, -0.2) is 9.55 Å². The van der Waals surface area contributed by atoms with Crippen molar-refractivity contribution in [2.45, 2.75) is 39.7 Å². The Hall–Kier alpha value is -1.84. The molecule has 1 aromatic heterocycles. The number of nitrogen functional groups attached to an aromatic ring is 1. The van der Waals surface area contributed by atoms with Crippen molar-refractivity contribution in [2.75, 3.05) is 5.73 Å². The molecule has 0 aliphatic carbocycles. The second kappa shape index (κ2) is 5.03. The van der Waals surface area contributed by atoms with Gasteiger partial charge in [-0.15, -0.1) is 0 Å². The first-order valence-electron chi connectivity index (χ1n) is 6.55. The van der Waals surface area contributed by atoms with E-state index in [-0.39, 0.29) is 11.9 Å². The molecule has 1 heterocycles. The summed E-state index contributed by atoms with van der Waals surface area (Å²) in [6.45, 7) is 8.35. The third kappa shape index (κ3) is 2.48. The van der Waals surface area contributed by atoms with Gasteiger partial charge in [-0.05, 0) is 38.1 Å². The van der Waals surface area contributed by atoms with Crippen LogP contribution in [0.25, 0.3) is 11.3 Å². The number of rotatable bonds is 3. The van der Waals surface area contributed by atoms with E-state index in [0.717, 1.165) is 17.1 Å². The molecule has 0 atom stereocenters. The molecule has 0 radical (unpaired) electrons. The van der Waals surface area contributed by atoms with Crippen molar-refractivity contribution >= 4 is 5.82 Å². The van der Waals surface area contributed by atoms with E-state index in [1.807, 2.05) is 4.57 Å². The van der Waals surface area contributed by atoms with Crippen LogP contribution in [0.2, 0.25) is 0 Å². The minimum Gasteiger partial charge on any atom is -0.383 e. The maximum absolute atomic E-state index is 13.0. The van der Waals surface area contributed by atoms with Gasteiger partial charge in [-0.2, -0.15) is 0 Å². The average molecular weight is 261 g/mol. The summed E-state index contributed by atoms with van der Waals surface area (Å²) in [6, 6.07) is 6.53. The number of halogens is 1. The fraction of sp³-hybridized carbons (Fsp3) is 0.400. The van der Waals surface area contributed by atoms with Gasteiger partial charge >= 0.3 is 0 Å².